The second-order valence-electron chi connectivity index (χ2n) is 9.94. The highest BCUT2D eigenvalue weighted by Gasteiger charge is 2.23. The molecule has 0 unspecified atom stereocenters. The van der Waals surface area contributed by atoms with E-state index in [4.69, 9.17) is 4.43 Å². The van der Waals surface area contributed by atoms with Crippen LogP contribution in [0, 0.1) is 10.4 Å². The van der Waals surface area contributed by atoms with Gasteiger partial charge in [0.15, 0.2) is 0 Å². The lowest BCUT2D eigenvalue weighted by Gasteiger charge is -2.27. The molecule has 0 saturated carbocycles. The molecule has 3 rings (SSSR count). The molecule has 1 N–H and O–H groups in total. The smallest absolute Gasteiger partial charge is 0.242 e. The fourth-order valence-electron chi connectivity index (χ4n) is 3.91. The molecule has 2 nitrogen and oxygen atoms in total. The van der Waals surface area contributed by atoms with Crippen LogP contribution in [0.25, 0.3) is 11.6 Å². The van der Waals surface area contributed by atoms with Gasteiger partial charge in [-0.05, 0) is 81.6 Å². The van der Waals surface area contributed by atoms with E-state index in [2.05, 4.69) is 96.0 Å². The Bertz CT molecular complexity index is 1100. The van der Waals surface area contributed by atoms with Gasteiger partial charge in [-0.2, -0.15) is 0 Å². The van der Waals surface area contributed by atoms with Crippen molar-refractivity contribution in [1.29, 1.82) is 0 Å². The monoisotopic (exact) mass is 393 g/mol. The first-order chi connectivity index (χ1) is 13.0. The number of hydrogen-bond acceptors (Lipinski definition) is 2. The van der Waals surface area contributed by atoms with Gasteiger partial charge in [0.1, 0.15) is 5.75 Å². The molecular formula is C25H35NOSi. The summed E-state index contributed by atoms with van der Waals surface area (Å²) >= 11 is 0. The minimum absolute atomic E-state index is 0.0323. The highest BCUT2D eigenvalue weighted by atomic mass is 28.4. The van der Waals surface area contributed by atoms with Gasteiger partial charge in [0, 0.05) is 16.3 Å². The summed E-state index contributed by atoms with van der Waals surface area (Å²) in [5.74, 6) is 1.04. The van der Waals surface area contributed by atoms with Crippen molar-refractivity contribution in [2.45, 2.75) is 72.6 Å². The summed E-state index contributed by atoms with van der Waals surface area (Å²) in [6, 6.07) is 11.0. The molecule has 150 valence electrons. The molecule has 2 aromatic rings. The average molecular weight is 394 g/mol. The largest absolute Gasteiger partial charge is 0.544 e. The quantitative estimate of drug-likeness (QED) is 0.577. The highest BCUT2D eigenvalue weighted by Crippen LogP contribution is 2.27. The zero-order valence-electron chi connectivity index (χ0n) is 18.8. The van der Waals surface area contributed by atoms with E-state index in [9.17, 15) is 0 Å². The van der Waals surface area contributed by atoms with Crippen molar-refractivity contribution in [3.63, 3.8) is 0 Å². The predicted octanol–water partition coefficient (Wildman–Crippen LogP) is 5.51. The lowest BCUT2D eigenvalue weighted by Crippen LogP contribution is -2.35. The zero-order valence-corrected chi connectivity index (χ0v) is 19.8. The molecule has 0 aromatic heterocycles. The van der Waals surface area contributed by atoms with Crippen molar-refractivity contribution >= 4 is 25.7 Å². The summed E-state index contributed by atoms with van der Waals surface area (Å²) in [6.07, 6.45) is 4.54. The highest BCUT2D eigenvalue weighted by molar-refractivity contribution is 6.70. The van der Waals surface area contributed by atoms with E-state index in [-0.39, 0.29) is 5.54 Å². The van der Waals surface area contributed by atoms with Crippen LogP contribution in [-0.2, 0) is 0 Å². The number of anilines is 1. The maximum atomic E-state index is 6.66. The first-order valence-electron chi connectivity index (χ1n) is 10.5. The standard InChI is InChI=1S/C25H35NOSi/c1-9-12-17(2)23-22(27-28(6,7)8)16-20-19-14-11-10-13-18(19)15-21(20)24(23)26-25(3,4)5/h10-11,13-16,26H,9,12H2,1-8H3. The Labute approximate surface area is 170 Å². The van der Waals surface area contributed by atoms with Crippen LogP contribution in [0.5, 0.6) is 5.75 Å². The molecule has 0 radical (unpaired) electrons. The lowest BCUT2D eigenvalue weighted by molar-refractivity contribution is 0.551. The molecule has 28 heavy (non-hydrogen) atoms. The van der Waals surface area contributed by atoms with Crippen molar-refractivity contribution in [2.75, 3.05) is 5.32 Å². The van der Waals surface area contributed by atoms with Crippen molar-refractivity contribution in [2.24, 2.45) is 0 Å². The van der Waals surface area contributed by atoms with Crippen LogP contribution in [0.4, 0.5) is 5.69 Å². The van der Waals surface area contributed by atoms with Gasteiger partial charge in [0.2, 0.25) is 8.32 Å². The summed E-state index contributed by atoms with van der Waals surface area (Å²) in [5.41, 5.74) is 3.88. The summed E-state index contributed by atoms with van der Waals surface area (Å²) in [4.78, 5) is 0. The molecule has 0 amide bonds. The first-order valence-corrected chi connectivity index (χ1v) is 13.9. The van der Waals surface area contributed by atoms with Gasteiger partial charge in [0.05, 0.1) is 5.69 Å². The maximum absolute atomic E-state index is 6.66. The normalized spacial score (nSPS) is 14.1. The fraction of sp³-hybridized carbons (Fsp3) is 0.440. The van der Waals surface area contributed by atoms with E-state index in [1.165, 1.54) is 37.7 Å². The fourth-order valence-corrected chi connectivity index (χ4v) is 4.73. The molecule has 3 heteroatoms. The number of nitrogens with one attached hydrogen (secondary N) is 1. The topological polar surface area (TPSA) is 21.3 Å². The molecular weight excluding hydrogens is 358 g/mol. The molecule has 1 aliphatic carbocycles. The van der Waals surface area contributed by atoms with Crippen LogP contribution in [0.1, 0.15) is 53.0 Å². The predicted molar refractivity (Wildman–Crippen MR) is 125 cm³/mol. The van der Waals surface area contributed by atoms with Crippen molar-refractivity contribution in [3.05, 3.63) is 56.8 Å². The number of hydrogen-bond donors (Lipinski definition) is 1. The van der Waals surface area contributed by atoms with Crippen LogP contribution >= 0.6 is 0 Å². The molecule has 0 fully saturated rings. The number of benzene rings is 2. The maximum Gasteiger partial charge on any atom is 0.242 e. The SMILES string of the molecule is CCCC(C)=c1c(O[Si](C)(C)C)cc2c(c1NC(C)(C)C)C=c1ccccc1=2. The Morgan fingerprint density at radius 2 is 1.75 bits per heavy atom. The third-order valence-electron chi connectivity index (χ3n) is 4.85. The second kappa shape index (κ2) is 7.44. The van der Waals surface area contributed by atoms with Gasteiger partial charge in [-0.3, -0.25) is 0 Å². The van der Waals surface area contributed by atoms with Gasteiger partial charge < -0.3 is 9.74 Å². The summed E-state index contributed by atoms with van der Waals surface area (Å²) in [7, 11) is -1.76. The van der Waals surface area contributed by atoms with Gasteiger partial charge in [0.25, 0.3) is 0 Å². The van der Waals surface area contributed by atoms with E-state index in [0.29, 0.717) is 0 Å². The van der Waals surface area contributed by atoms with Crippen molar-refractivity contribution in [1.82, 2.24) is 0 Å². The molecule has 0 bridgehead atoms. The average Bonchev–Trinajstić information content (AvgIpc) is 2.91. The second-order valence-corrected chi connectivity index (χ2v) is 14.4. The molecule has 2 aromatic carbocycles. The van der Waals surface area contributed by atoms with Crippen LogP contribution in [0.15, 0.2) is 30.3 Å². The Morgan fingerprint density at radius 1 is 1.07 bits per heavy atom. The van der Waals surface area contributed by atoms with Gasteiger partial charge in [-0.25, -0.2) is 0 Å². The third kappa shape index (κ3) is 4.35. The Morgan fingerprint density at radius 3 is 2.36 bits per heavy atom. The Balaban J connectivity index is 2.49. The molecule has 0 heterocycles. The molecule has 1 aliphatic rings. The number of rotatable bonds is 5. The minimum Gasteiger partial charge on any atom is -0.544 e. The van der Waals surface area contributed by atoms with Crippen LogP contribution in [0.2, 0.25) is 19.6 Å². The first kappa shape index (κ1) is 20.7. The van der Waals surface area contributed by atoms with E-state index < -0.39 is 8.32 Å². The summed E-state index contributed by atoms with van der Waals surface area (Å²) in [6.45, 7) is 18.0. The van der Waals surface area contributed by atoms with Gasteiger partial charge in [-0.1, -0.05) is 43.2 Å². The van der Waals surface area contributed by atoms with Gasteiger partial charge >= 0.3 is 0 Å². The molecule has 0 saturated heterocycles. The van der Waals surface area contributed by atoms with Crippen LogP contribution < -0.4 is 20.2 Å². The van der Waals surface area contributed by atoms with E-state index in [0.717, 1.165) is 18.6 Å². The van der Waals surface area contributed by atoms with E-state index >= 15 is 0 Å². The molecule has 0 spiro atoms. The third-order valence-corrected chi connectivity index (χ3v) is 5.68. The minimum atomic E-state index is -1.76. The van der Waals surface area contributed by atoms with Crippen molar-refractivity contribution in [3.8, 4) is 5.75 Å². The van der Waals surface area contributed by atoms with E-state index in [1.807, 2.05) is 0 Å². The Hall–Kier alpha value is -2.00. The molecule has 0 aliphatic heterocycles. The van der Waals surface area contributed by atoms with Crippen LogP contribution in [0.3, 0.4) is 0 Å². The van der Waals surface area contributed by atoms with E-state index in [1.54, 1.807) is 0 Å². The van der Waals surface area contributed by atoms with Crippen LogP contribution in [-0.4, -0.2) is 13.9 Å². The zero-order chi connectivity index (χ0) is 20.7. The summed E-state index contributed by atoms with van der Waals surface area (Å²) in [5, 5.41) is 8.97. The van der Waals surface area contributed by atoms with Gasteiger partial charge in [-0.15, -0.1) is 0 Å². The Kier molecular flexibility index (Phi) is 5.50. The lowest BCUT2D eigenvalue weighted by atomic mass is 9.99. The summed E-state index contributed by atoms with van der Waals surface area (Å²) < 4.78 is 6.66. The molecule has 0 atom stereocenters. The number of fused-ring (bicyclic) bond motifs is 2. The van der Waals surface area contributed by atoms with Crippen molar-refractivity contribution < 1.29 is 4.43 Å².